The van der Waals surface area contributed by atoms with Gasteiger partial charge in [0.2, 0.25) is 10.0 Å². The van der Waals surface area contributed by atoms with Crippen molar-refractivity contribution in [1.29, 1.82) is 0 Å². The molecule has 0 amide bonds. The smallest absolute Gasteiger partial charge is 0.259 e. The molecular formula is C26H23BrN2O4S. The first-order valence-corrected chi connectivity index (χ1v) is 13.3. The number of carbonyl (C=O) groups excluding carboxylic acids is 1. The fourth-order valence-corrected chi connectivity index (χ4v) is 4.78. The zero-order valence-corrected chi connectivity index (χ0v) is 21.1. The first kappa shape index (κ1) is 24.1. The van der Waals surface area contributed by atoms with Crippen LogP contribution in [0.5, 0.6) is 0 Å². The molecule has 0 unspecified atom stereocenters. The molecule has 0 saturated heterocycles. The van der Waals surface area contributed by atoms with E-state index < -0.39 is 10.0 Å². The maximum Gasteiger partial charge on any atom is 0.259 e. The van der Waals surface area contributed by atoms with Crippen LogP contribution in [0.3, 0.4) is 0 Å². The monoisotopic (exact) mass is 538 g/mol. The fourth-order valence-electron chi connectivity index (χ4n) is 3.99. The summed E-state index contributed by atoms with van der Waals surface area (Å²) in [5, 5.41) is 1.25. The molecule has 34 heavy (non-hydrogen) atoms. The topological polar surface area (TPSA) is 85.2 Å². The summed E-state index contributed by atoms with van der Waals surface area (Å²) in [5.74, 6) is -0.202. The Bertz CT molecular complexity index is 1540. The Balaban J connectivity index is 1.87. The predicted octanol–water partition coefficient (Wildman–Crippen LogP) is 4.73. The zero-order valence-electron chi connectivity index (χ0n) is 18.7. The summed E-state index contributed by atoms with van der Waals surface area (Å²) in [5.41, 5.74) is 3.30. The number of halogens is 1. The van der Waals surface area contributed by atoms with Gasteiger partial charge in [-0.1, -0.05) is 70.5 Å². The van der Waals surface area contributed by atoms with Crippen LogP contribution < -0.4 is 10.3 Å². The van der Waals surface area contributed by atoms with Crippen LogP contribution in [-0.2, 0) is 23.1 Å². The second-order valence-corrected chi connectivity index (χ2v) is 10.9. The van der Waals surface area contributed by atoms with Crippen LogP contribution in [0.15, 0.2) is 82.1 Å². The van der Waals surface area contributed by atoms with E-state index in [0.29, 0.717) is 16.5 Å². The van der Waals surface area contributed by atoms with Gasteiger partial charge in [-0.3, -0.25) is 14.2 Å². The SMILES string of the molecule is CC(=O)c1c(-c2ccccc2)c2cc(Br)ccc2c(=O)n1Cc1ccc(CNS(C)(=O)=O)cc1. The lowest BCUT2D eigenvalue weighted by atomic mass is 9.95. The largest absolute Gasteiger partial charge is 0.300 e. The minimum atomic E-state index is -3.29. The van der Waals surface area contributed by atoms with E-state index in [4.69, 9.17) is 0 Å². The van der Waals surface area contributed by atoms with Crippen LogP contribution in [-0.4, -0.2) is 25.0 Å². The van der Waals surface area contributed by atoms with Crippen LogP contribution >= 0.6 is 15.9 Å². The maximum absolute atomic E-state index is 13.6. The van der Waals surface area contributed by atoms with Gasteiger partial charge in [-0.2, -0.15) is 0 Å². The number of fused-ring (bicyclic) bond motifs is 1. The molecule has 4 aromatic rings. The predicted molar refractivity (Wildman–Crippen MR) is 139 cm³/mol. The van der Waals surface area contributed by atoms with E-state index in [1.54, 1.807) is 6.07 Å². The number of benzene rings is 3. The first-order valence-electron chi connectivity index (χ1n) is 10.6. The van der Waals surface area contributed by atoms with E-state index in [2.05, 4.69) is 20.7 Å². The van der Waals surface area contributed by atoms with Gasteiger partial charge in [0.1, 0.15) is 0 Å². The number of nitrogens with zero attached hydrogens (tertiary/aromatic N) is 1. The molecule has 3 aromatic carbocycles. The van der Waals surface area contributed by atoms with Crippen molar-refractivity contribution in [3.8, 4) is 11.1 Å². The molecule has 4 rings (SSSR count). The van der Waals surface area contributed by atoms with Crippen molar-refractivity contribution in [2.24, 2.45) is 0 Å². The lowest BCUT2D eigenvalue weighted by Gasteiger charge is -2.19. The number of hydrogen-bond acceptors (Lipinski definition) is 4. The lowest BCUT2D eigenvalue weighted by Crippen LogP contribution is -2.27. The molecular weight excluding hydrogens is 516 g/mol. The third kappa shape index (κ3) is 5.19. The molecule has 0 aliphatic rings. The normalized spacial score (nSPS) is 11.6. The number of rotatable bonds is 7. The van der Waals surface area contributed by atoms with Gasteiger partial charge in [0.05, 0.1) is 18.5 Å². The van der Waals surface area contributed by atoms with Crippen molar-refractivity contribution < 1.29 is 13.2 Å². The molecule has 174 valence electrons. The van der Waals surface area contributed by atoms with Gasteiger partial charge in [0.15, 0.2) is 5.78 Å². The number of carbonyl (C=O) groups is 1. The highest BCUT2D eigenvalue weighted by atomic mass is 79.9. The van der Waals surface area contributed by atoms with Crippen molar-refractivity contribution in [2.45, 2.75) is 20.0 Å². The van der Waals surface area contributed by atoms with Crippen LogP contribution in [0.1, 0.15) is 28.5 Å². The summed E-state index contributed by atoms with van der Waals surface area (Å²) >= 11 is 3.49. The Morgan fingerprint density at radius 2 is 1.59 bits per heavy atom. The highest BCUT2D eigenvalue weighted by Crippen LogP contribution is 2.33. The highest BCUT2D eigenvalue weighted by Gasteiger charge is 2.21. The summed E-state index contributed by atoms with van der Waals surface area (Å²) in [7, 11) is -3.29. The molecule has 6 nitrogen and oxygen atoms in total. The summed E-state index contributed by atoms with van der Waals surface area (Å²) in [6, 6.07) is 22.3. The van der Waals surface area contributed by atoms with Crippen molar-refractivity contribution >= 4 is 42.5 Å². The van der Waals surface area contributed by atoms with Crippen LogP contribution in [0.25, 0.3) is 21.9 Å². The van der Waals surface area contributed by atoms with Crippen LogP contribution in [0, 0.1) is 0 Å². The Hall–Kier alpha value is -3.07. The maximum atomic E-state index is 13.6. The third-order valence-corrected chi connectivity index (χ3v) is 6.69. The van der Waals surface area contributed by atoms with Gasteiger partial charge in [0, 0.05) is 28.9 Å². The van der Waals surface area contributed by atoms with E-state index in [-0.39, 0.29) is 24.4 Å². The molecule has 0 aliphatic heterocycles. The first-order chi connectivity index (χ1) is 16.1. The van der Waals surface area contributed by atoms with E-state index in [1.807, 2.05) is 66.7 Å². The van der Waals surface area contributed by atoms with Gasteiger partial charge >= 0.3 is 0 Å². The second kappa shape index (κ2) is 9.66. The standard InChI is InChI=1S/C26H23BrN2O4S/c1-17(30)25-24(20-6-4-3-5-7-20)23-14-21(27)12-13-22(23)26(31)29(25)16-19-10-8-18(9-11-19)15-28-34(2,32)33/h3-14,28H,15-16H2,1-2H3. The molecule has 0 spiro atoms. The fraction of sp³-hybridized carbons (Fsp3) is 0.154. The number of aromatic nitrogens is 1. The number of Topliss-reactive ketones (excluding diaryl/α,β-unsaturated/α-hetero) is 1. The van der Waals surface area contributed by atoms with Crippen molar-refractivity contribution in [2.75, 3.05) is 6.26 Å². The lowest BCUT2D eigenvalue weighted by molar-refractivity contribution is 0.100. The van der Waals surface area contributed by atoms with Crippen molar-refractivity contribution in [3.05, 3.63) is 104 Å². The average molecular weight is 539 g/mol. The molecule has 0 saturated carbocycles. The molecule has 0 bridgehead atoms. The van der Waals surface area contributed by atoms with Crippen LogP contribution in [0.2, 0.25) is 0 Å². The summed E-state index contributed by atoms with van der Waals surface area (Å²) in [6.07, 6.45) is 1.11. The number of hydrogen-bond donors (Lipinski definition) is 1. The Kier molecular flexibility index (Phi) is 6.84. The second-order valence-electron chi connectivity index (χ2n) is 8.14. The summed E-state index contributed by atoms with van der Waals surface area (Å²) in [6.45, 7) is 1.86. The van der Waals surface area contributed by atoms with E-state index >= 15 is 0 Å². The summed E-state index contributed by atoms with van der Waals surface area (Å²) in [4.78, 5) is 26.5. The molecule has 1 N–H and O–H groups in total. The van der Waals surface area contributed by atoms with Crippen LogP contribution in [0.4, 0.5) is 0 Å². The minimum absolute atomic E-state index is 0.181. The Morgan fingerprint density at radius 3 is 2.21 bits per heavy atom. The van der Waals surface area contributed by atoms with Gasteiger partial charge in [-0.15, -0.1) is 0 Å². The molecule has 0 fully saturated rings. The molecule has 0 radical (unpaired) electrons. The molecule has 0 aliphatic carbocycles. The minimum Gasteiger partial charge on any atom is -0.300 e. The third-order valence-electron chi connectivity index (χ3n) is 5.53. The number of sulfonamides is 1. The molecule has 1 aromatic heterocycles. The number of nitrogens with one attached hydrogen (secondary N) is 1. The average Bonchev–Trinajstić information content (AvgIpc) is 2.80. The Morgan fingerprint density at radius 1 is 0.941 bits per heavy atom. The van der Waals surface area contributed by atoms with Crippen molar-refractivity contribution in [3.63, 3.8) is 0 Å². The van der Waals surface area contributed by atoms with E-state index in [9.17, 15) is 18.0 Å². The van der Waals surface area contributed by atoms with Crippen molar-refractivity contribution in [1.82, 2.24) is 9.29 Å². The van der Waals surface area contributed by atoms with Gasteiger partial charge in [0.25, 0.3) is 5.56 Å². The quantitative estimate of drug-likeness (QED) is 0.344. The van der Waals surface area contributed by atoms with E-state index in [0.717, 1.165) is 33.0 Å². The molecule has 8 heteroatoms. The number of pyridine rings is 1. The van der Waals surface area contributed by atoms with Gasteiger partial charge < -0.3 is 0 Å². The molecule has 1 heterocycles. The summed E-state index contributed by atoms with van der Waals surface area (Å²) < 4.78 is 27.5. The number of ketones is 1. The zero-order chi connectivity index (χ0) is 24.5. The molecule has 0 atom stereocenters. The van der Waals surface area contributed by atoms with Gasteiger partial charge in [-0.25, -0.2) is 13.1 Å². The van der Waals surface area contributed by atoms with Gasteiger partial charge in [-0.05, 0) is 40.3 Å². The Labute approximate surface area is 206 Å². The van der Waals surface area contributed by atoms with E-state index in [1.165, 1.54) is 11.5 Å². The highest BCUT2D eigenvalue weighted by molar-refractivity contribution is 9.10.